The van der Waals surface area contributed by atoms with Gasteiger partial charge in [-0.1, -0.05) is 122 Å². The monoisotopic (exact) mass is 773 g/mol. The minimum Gasteiger partial charge on any atom is -0.657 e. The minimum atomic E-state index is -7.72. The van der Waals surface area contributed by atoms with Crippen LogP contribution in [0.1, 0.15) is 122 Å². The van der Waals surface area contributed by atoms with Crippen molar-refractivity contribution >= 4 is 13.3 Å². The van der Waals surface area contributed by atoms with Crippen LogP contribution < -0.4 is 5.19 Å². The van der Waals surface area contributed by atoms with Gasteiger partial charge in [0.25, 0.3) is 0 Å². The zero-order valence-electron chi connectivity index (χ0n) is 29.8. The van der Waals surface area contributed by atoms with Crippen molar-refractivity contribution in [2.45, 2.75) is 175 Å². The molecule has 1 aromatic carbocycles. The van der Waals surface area contributed by atoms with Gasteiger partial charge >= 0.3 is 51.7 Å². The van der Waals surface area contributed by atoms with E-state index in [2.05, 4.69) is 99.0 Å². The average molecular weight is 775 g/mol. The van der Waals surface area contributed by atoms with Gasteiger partial charge in [0, 0.05) is 0 Å². The van der Waals surface area contributed by atoms with E-state index in [1.165, 1.54) is 38.5 Å². The fraction of sp³-hybridized carbons (Fsp3) is 0.844. The molecule has 0 N–H and O–H groups in total. The molecule has 1 rings (SSSR count). The third kappa shape index (κ3) is 19.6. The van der Waals surface area contributed by atoms with Crippen LogP contribution in [0.5, 0.6) is 0 Å². The van der Waals surface area contributed by atoms with Crippen molar-refractivity contribution in [3.05, 3.63) is 40.2 Å². The third-order valence-electron chi connectivity index (χ3n) is 7.44. The number of alkyl halides is 9. The predicted molar refractivity (Wildman–Crippen MR) is 174 cm³/mol. The van der Waals surface area contributed by atoms with E-state index in [4.69, 9.17) is 0 Å². The van der Waals surface area contributed by atoms with E-state index in [9.17, 15) is 39.5 Å². The topological polar surface area (TPSA) is 42.3 Å². The van der Waals surface area contributed by atoms with E-state index in [0.29, 0.717) is 48.4 Å². The number of halogens is 9. The summed E-state index contributed by atoms with van der Waals surface area (Å²) in [7, 11) is -7.72. The van der Waals surface area contributed by atoms with Gasteiger partial charge in [0.2, 0.25) is 0 Å². The number of hydrogen-bond donors (Lipinski definition) is 0. The first-order valence-corrected chi connectivity index (χ1v) is 18.0. The Bertz CT molecular complexity index is 716. The first-order chi connectivity index (χ1) is 20.5. The van der Waals surface area contributed by atoms with Crippen LogP contribution in [0.2, 0.25) is 0 Å². The summed E-state index contributed by atoms with van der Waals surface area (Å²) < 4.78 is 113. The second kappa shape index (κ2) is 25.6. The van der Waals surface area contributed by atoms with E-state index in [1.807, 2.05) is 0 Å². The molecule has 0 bridgehead atoms. The van der Waals surface area contributed by atoms with Crippen LogP contribution in [-0.4, -0.2) is 61.7 Å². The van der Waals surface area contributed by atoms with Gasteiger partial charge in [0.05, 0.1) is 0 Å². The van der Waals surface area contributed by atoms with Gasteiger partial charge in [0.15, 0.2) is 0 Å². The Morgan fingerprint density at radius 3 is 0.761 bits per heavy atom. The molecule has 0 amide bonds. The smallest absolute Gasteiger partial charge is 0.657 e. The molecule has 0 saturated carbocycles. The number of rotatable bonds is 13. The Kier molecular flexibility index (Phi) is 29.3. The van der Waals surface area contributed by atoms with Crippen LogP contribution in [-0.2, 0) is 26.2 Å². The molecule has 0 aromatic heterocycles. The van der Waals surface area contributed by atoms with Crippen LogP contribution in [0.4, 0.5) is 39.5 Å². The maximum Gasteiger partial charge on any atom is 4.00 e. The molecule has 46 heavy (non-hydrogen) atoms. The van der Waals surface area contributed by atoms with Gasteiger partial charge < -0.3 is 16.0 Å². The molecule has 0 aliphatic rings. The fourth-order valence-corrected chi connectivity index (χ4v) is 6.17. The summed E-state index contributed by atoms with van der Waals surface area (Å²) in [4.78, 5) is 0. The Hall–Kier alpha value is -0.300. The third-order valence-corrected chi connectivity index (χ3v) is 11.2. The van der Waals surface area contributed by atoms with Crippen LogP contribution in [0, 0.1) is 0 Å². The molecule has 0 aliphatic heterocycles. The van der Waals surface area contributed by atoms with E-state index >= 15 is 0 Å². The van der Waals surface area contributed by atoms with Crippen molar-refractivity contribution in [2.24, 2.45) is 0 Å². The van der Waals surface area contributed by atoms with Crippen molar-refractivity contribution in [3.63, 3.8) is 0 Å². The summed E-state index contributed by atoms with van der Waals surface area (Å²) in [6.07, 6.45) is 7.03. The van der Waals surface area contributed by atoms with Crippen molar-refractivity contribution in [1.82, 2.24) is 0 Å². The van der Waals surface area contributed by atoms with Gasteiger partial charge in [-0.3, -0.25) is 0 Å². The van der Waals surface area contributed by atoms with Gasteiger partial charge in [-0.25, -0.2) is 12.1 Å². The quantitative estimate of drug-likeness (QED) is 0.109. The van der Waals surface area contributed by atoms with Crippen molar-refractivity contribution in [2.75, 3.05) is 0 Å². The second-order valence-corrected chi connectivity index (χ2v) is 15.2. The first-order valence-electron chi connectivity index (χ1n) is 16.0. The van der Waals surface area contributed by atoms with Gasteiger partial charge in [0.1, 0.15) is 0 Å². The molecule has 0 heterocycles. The Labute approximate surface area is 293 Å². The Morgan fingerprint density at radius 2 is 0.630 bits per heavy atom. The van der Waals surface area contributed by atoms with Crippen LogP contribution >= 0.6 is 0 Å². The summed E-state index contributed by atoms with van der Waals surface area (Å²) >= 11 is 0. The molecule has 6 atom stereocenters. The summed E-state index contributed by atoms with van der Waals surface area (Å²) in [5, 5.41) is 11.8. The fourth-order valence-electron chi connectivity index (χ4n) is 3.53. The molecular weight excluding hydrogens is 717 g/mol. The summed E-state index contributed by atoms with van der Waals surface area (Å²) in [5.74, 6) is -19.2. The Balaban J connectivity index is -0.000000271. The molecule has 0 saturated heterocycles. The standard InChI is InChI=1S/C8H4F9Si.3C8H18N.Zr/c9-6(10,11)18(7(12,13)14,8(15,16)17)5-3-1-2-4-5;3*1-5-7(3)9-8(4)6-2;/h1-4H;3*7-8H,5-6H2,1-4H3;/q4*-1;+4. The minimum absolute atomic E-state index is 0. The zero-order valence-corrected chi connectivity index (χ0v) is 33.2. The zero-order chi connectivity index (χ0) is 36.2. The summed E-state index contributed by atoms with van der Waals surface area (Å²) in [5.41, 5.74) is 0. The maximum atomic E-state index is 12.6. The average Bonchev–Trinajstić information content (AvgIpc) is 3.45. The van der Waals surface area contributed by atoms with Gasteiger partial charge in [-0.15, -0.1) is 41.4 Å². The van der Waals surface area contributed by atoms with Gasteiger partial charge in [-0.05, 0) is 0 Å². The normalized spacial score (nSPS) is 16.0. The summed E-state index contributed by atoms with van der Waals surface area (Å²) in [6.45, 7) is 26.1. The number of nitrogens with zero attached hydrogens (tertiary/aromatic N) is 3. The van der Waals surface area contributed by atoms with Crippen LogP contribution in [0.15, 0.2) is 24.3 Å². The summed E-state index contributed by atoms with van der Waals surface area (Å²) in [6, 6.07) is 5.17. The molecule has 14 heteroatoms. The first kappa shape index (κ1) is 52.5. The second-order valence-electron chi connectivity index (χ2n) is 11.4. The molecule has 1 aromatic rings. The molecule has 3 nitrogen and oxygen atoms in total. The van der Waals surface area contributed by atoms with Crippen molar-refractivity contribution in [3.8, 4) is 0 Å². The van der Waals surface area contributed by atoms with Crippen molar-refractivity contribution in [1.29, 1.82) is 0 Å². The molecule has 0 spiro atoms. The van der Waals surface area contributed by atoms with E-state index in [-0.39, 0.29) is 38.3 Å². The van der Waals surface area contributed by atoms with E-state index in [0.717, 1.165) is 0 Å². The van der Waals surface area contributed by atoms with E-state index < -0.39 is 30.7 Å². The van der Waals surface area contributed by atoms with Crippen LogP contribution in [0.3, 0.4) is 0 Å². The number of hydrogen-bond acceptors (Lipinski definition) is 0. The largest absolute Gasteiger partial charge is 4.00 e. The molecule has 0 fully saturated rings. The van der Waals surface area contributed by atoms with Crippen molar-refractivity contribution < 1.29 is 65.7 Å². The maximum absolute atomic E-state index is 12.6. The molecule has 0 radical (unpaired) electrons. The molecular formula is C32H58F9N3SiZr. The van der Waals surface area contributed by atoms with Crippen LogP contribution in [0.25, 0.3) is 16.0 Å². The SMILES string of the molecule is CCC(C)[N-]C(C)CC.CCC(C)[N-]C(C)CC.CCC(C)[N-]C(C)CC.FC(F)(F)[Si]([c-]1cccc1)(C(F)(F)F)C(F)(F)F.[Zr+4]. The Morgan fingerprint density at radius 1 is 0.457 bits per heavy atom. The van der Waals surface area contributed by atoms with Gasteiger partial charge in [-0.2, -0.15) is 51.6 Å². The predicted octanol–water partition coefficient (Wildman–Crippen LogP) is 12.2. The molecule has 6 unspecified atom stereocenters. The molecule has 272 valence electrons. The van der Waals surface area contributed by atoms with E-state index in [1.54, 1.807) is 0 Å². The molecule has 0 aliphatic carbocycles.